The predicted molar refractivity (Wildman–Crippen MR) is 58.1 cm³/mol. The maximum atomic E-state index is 11.7. The Kier molecular flexibility index (Phi) is 2.52. The summed E-state index contributed by atoms with van der Waals surface area (Å²) in [5, 5.41) is 9.61. The van der Waals surface area contributed by atoms with Crippen molar-refractivity contribution in [1.29, 1.82) is 0 Å². The molecule has 1 heterocycles. The lowest BCUT2D eigenvalue weighted by Gasteiger charge is -2.31. The van der Waals surface area contributed by atoms with Crippen LogP contribution in [0.5, 0.6) is 5.75 Å². The third-order valence-corrected chi connectivity index (χ3v) is 2.61. The summed E-state index contributed by atoms with van der Waals surface area (Å²) in [5.74, 6) is -1.14. The van der Waals surface area contributed by atoms with Gasteiger partial charge in [0.05, 0.1) is 5.69 Å². The molecular formula is C11H12N2O3. The van der Waals surface area contributed by atoms with Crippen LogP contribution in [-0.4, -0.2) is 42.0 Å². The zero-order valence-corrected chi connectivity index (χ0v) is 8.88. The molecule has 0 saturated carbocycles. The summed E-state index contributed by atoms with van der Waals surface area (Å²) in [6.07, 6.45) is 0. The van der Waals surface area contributed by atoms with E-state index in [-0.39, 0.29) is 5.75 Å². The molecule has 1 fully saturated rings. The molecule has 1 aliphatic rings. The highest BCUT2D eigenvalue weighted by molar-refractivity contribution is 6.41. The fraction of sp³-hybridized carbons (Fsp3) is 0.273. The van der Waals surface area contributed by atoms with Crippen molar-refractivity contribution in [3.05, 3.63) is 24.3 Å². The van der Waals surface area contributed by atoms with Gasteiger partial charge in [0, 0.05) is 20.1 Å². The van der Waals surface area contributed by atoms with E-state index in [2.05, 4.69) is 0 Å². The standard InChI is InChI=1S/C11H12N2O3/c1-12-6-7-13(11(16)10(12)15)8-4-2-3-5-9(8)14/h2-5,14H,6-7H2,1H3. The zero-order valence-electron chi connectivity index (χ0n) is 8.88. The molecule has 0 aromatic heterocycles. The largest absolute Gasteiger partial charge is 0.506 e. The second-order valence-electron chi connectivity index (χ2n) is 3.67. The number of amides is 2. The SMILES string of the molecule is CN1CCN(c2ccccc2O)C(=O)C1=O. The summed E-state index contributed by atoms with van der Waals surface area (Å²) >= 11 is 0. The van der Waals surface area contributed by atoms with Gasteiger partial charge in [-0.2, -0.15) is 0 Å². The van der Waals surface area contributed by atoms with Crippen molar-refractivity contribution in [2.24, 2.45) is 0 Å². The summed E-state index contributed by atoms with van der Waals surface area (Å²) in [5.41, 5.74) is 0.383. The van der Waals surface area contributed by atoms with Gasteiger partial charge < -0.3 is 10.0 Å². The molecule has 0 aliphatic carbocycles. The molecule has 1 saturated heterocycles. The first-order valence-corrected chi connectivity index (χ1v) is 4.96. The predicted octanol–water partition coefficient (Wildman–Crippen LogP) is 0.197. The van der Waals surface area contributed by atoms with Gasteiger partial charge in [-0.1, -0.05) is 12.1 Å². The third kappa shape index (κ3) is 1.60. The summed E-state index contributed by atoms with van der Waals surface area (Å²) in [6, 6.07) is 6.49. The molecule has 0 atom stereocenters. The molecule has 2 amide bonds. The second-order valence-corrected chi connectivity index (χ2v) is 3.67. The van der Waals surface area contributed by atoms with E-state index in [0.717, 1.165) is 0 Å². The Labute approximate surface area is 92.9 Å². The van der Waals surface area contributed by atoms with Gasteiger partial charge in [0.1, 0.15) is 5.75 Å². The molecule has 16 heavy (non-hydrogen) atoms. The van der Waals surface area contributed by atoms with Gasteiger partial charge in [0.15, 0.2) is 0 Å². The smallest absolute Gasteiger partial charge is 0.316 e. The summed E-state index contributed by atoms with van der Waals surface area (Å²) < 4.78 is 0. The fourth-order valence-corrected chi connectivity index (χ4v) is 1.65. The van der Waals surface area contributed by atoms with Crippen LogP contribution in [0.4, 0.5) is 5.69 Å². The average Bonchev–Trinajstić information content (AvgIpc) is 2.28. The minimum absolute atomic E-state index is 0.00760. The summed E-state index contributed by atoms with van der Waals surface area (Å²) in [4.78, 5) is 25.9. The average molecular weight is 220 g/mol. The first kappa shape index (κ1) is 10.5. The molecule has 0 spiro atoms. The van der Waals surface area contributed by atoms with Crippen LogP contribution in [-0.2, 0) is 9.59 Å². The van der Waals surface area contributed by atoms with Crippen molar-refractivity contribution in [3.63, 3.8) is 0 Å². The van der Waals surface area contributed by atoms with Crippen molar-refractivity contribution in [3.8, 4) is 5.75 Å². The van der Waals surface area contributed by atoms with Gasteiger partial charge in [0.25, 0.3) is 0 Å². The molecule has 1 aromatic carbocycles. The number of hydrogen-bond acceptors (Lipinski definition) is 3. The van der Waals surface area contributed by atoms with E-state index in [4.69, 9.17) is 0 Å². The Balaban J connectivity index is 2.33. The van der Waals surface area contributed by atoms with Gasteiger partial charge in [0.2, 0.25) is 0 Å². The van der Waals surface area contributed by atoms with Crippen LogP contribution < -0.4 is 4.90 Å². The van der Waals surface area contributed by atoms with Crippen molar-refractivity contribution >= 4 is 17.5 Å². The highest BCUT2D eigenvalue weighted by Crippen LogP contribution is 2.27. The van der Waals surface area contributed by atoms with Crippen LogP contribution in [0.25, 0.3) is 0 Å². The molecule has 5 heteroatoms. The lowest BCUT2D eigenvalue weighted by atomic mass is 10.2. The molecule has 84 valence electrons. The second kappa shape index (κ2) is 3.84. The minimum atomic E-state index is -0.602. The Morgan fingerprint density at radius 1 is 1.12 bits per heavy atom. The molecule has 5 nitrogen and oxygen atoms in total. The first-order chi connectivity index (χ1) is 7.61. The van der Waals surface area contributed by atoms with Crippen LogP contribution in [0.15, 0.2) is 24.3 Å². The Bertz CT molecular complexity index is 445. The number of phenolic OH excluding ortho intramolecular Hbond substituents is 1. The number of nitrogens with zero attached hydrogens (tertiary/aromatic N) is 2. The topological polar surface area (TPSA) is 60.9 Å². The molecule has 0 unspecified atom stereocenters. The highest BCUT2D eigenvalue weighted by atomic mass is 16.3. The van der Waals surface area contributed by atoms with Gasteiger partial charge in [-0.05, 0) is 12.1 Å². The van der Waals surface area contributed by atoms with Crippen LogP contribution in [0.2, 0.25) is 0 Å². The summed E-state index contributed by atoms with van der Waals surface area (Å²) in [6.45, 7) is 0.873. The number of carbonyl (C=O) groups excluding carboxylic acids is 2. The molecule has 1 N–H and O–H groups in total. The Morgan fingerprint density at radius 3 is 2.50 bits per heavy atom. The van der Waals surface area contributed by atoms with Crippen LogP contribution in [0.3, 0.4) is 0 Å². The quantitative estimate of drug-likeness (QED) is 0.687. The third-order valence-electron chi connectivity index (χ3n) is 2.61. The van der Waals surface area contributed by atoms with Gasteiger partial charge in [-0.25, -0.2) is 0 Å². The number of anilines is 1. The lowest BCUT2D eigenvalue weighted by molar-refractivity contribution is -0.145. The molecule has 0 bridgehead atoms. The maximum Gasteiger partial charge on any atom is 0.316 e. The molecule has 1 aliphatic heterocycles. The molecule has 1 aromatic rings. The van der Waals surface area contributed by atoms with E-state index in [1.807, 2.05) is 0 Å². The van der Waals surface area contributed by atoms with E-state index in [0.29, 0.717) is 18.8 Å². The van der Waals surface area contributed by atoms with Gasteiger partial charge in [-0.3, -0.25) is 14.5 Å². The number of phenols is 1. The van der Waals surface area contributed by atoms with Crippen molar-refractivity contribution < 1.29 is 14.7 Å². The maximum absolute atomic E-state index is 11.7. The monoisotopic (exact) mass is 220 g/mol. The van der Waals surface area contributed by atoms with Crippen LogP contribution >= 0.6 is 0 Å². The number of likely N-dealkylation sites (N-methyl/N-ethyl adjacent to an activating group) is 1. The van der Waals surface area contributed by atoms with Crippen molar-refractivity contribution in [1.82, 2.24) is 4.90 Å². The molecule has 0 radical (unpaired) electrons. The normalized spacial score (nSPS) is 16.8. The number of piperazine rings is 1. The zero-order chi connectivity index (χ0) is 11.7. The Hall–Kier alpha value is -2.04. The van der Waals surface area contributed by atoms with E-state index >= 15 is 0 Å². The van der Waals surface area contributed by atoms with E-state index in [1.54, 1.807) is 25.2 Å². The lowest BCUT2D eigenvalue weighted by Crippen LogP contribution is -2.53. The first-order valence-electron chi connectivity index (χ1n) is 4.96. The minimum Gasteiger partial charge on any atom is -0.506 e. The number of hydrogen-bond donors (Lipinski definition) is 1. The van der Waals surface area contributed by atoms with Crippen LogP contribution in [0, 0.1) is 0 Å². The number of para-hydroxylation sites is 2. The number of benzene rings is 1. The van der Waals surface area contributed by atoms with Gasteiger partial charge >= 0.3 is 11.8 Å². The fourth-order valence-electron chi connectivity index (χ4n) is 1.65. The molecular weight excluding hydrogens is 208 g/mol. The number of rotatable bonds is 1. The highest BCUT2D eigenvalue weighted by Gasteiger charge is 2.32. The van der Waals surface area contributed by atoms with Gasteiger partial charge in [-0.15, -0.1) is 0 Å². The number of carbonyl (C=O) groups is 2. The van der Waals surface area contributed by atoms with Crippen molar-refractivity contribution in [2.45, 2.75) is 0 Å². The van der Waals surface area contributed by atoms with Crippen molar-refractivity contribution in [2.75, 3.05) is 25.0 Å². The van der Waals surface area contributed by atoms with Crippen LogP contribution in [0.1, 0.15) is 0 Å². The number of aromatic hydroxyl groups is 1. The molecule has 2 rings (SSSR count). The van der Waals surface area contributed by atoms with E-state index in [1.165, 1.54) is 15.9 Å². The summed E-state index contributed by atoms with van der Waals surface area (Å²) in [7, 11) is 1.59. The van der Waals surface area contributed by atoms with E-state index < -0.39 is 11.8 Å². The Morgan fingerprint density at radius 2 is 1.81 bits per heavy atom. The van der Waals surface area contributed by atoms with E-state index in [9.17, 15) is 14.7 Å².